The van der Waals surface area contributed by atoms with Gasteiger partial charge in [-0.25, -0.2) is 9.78 Å². The predicted molar refractivity (Wildman–Crippen MR) is 89.7 cm³/mol. The van der Waals surface area contributed by atoms with Crippen LogP contribution in [0.1, 0.15) is 24.8 Å². The van der Waals surface area contributed by atoms with E-state index in [1.807, 2.05) is 12.1 Å². The number of likely N-dealkylation sites (tertiary alicyclic amines) is 1. The Bertz CT molecular complexity index is 968. The molecule has 3 aromatic rings. The second-order valence-electron chi connectivity index (χ2n) is 5.95. The predicted octanol–water partition coefficient (Wildman–Crippen LogP) is 1.05. The Kier molecular flexibility index (Phi) is 4.26. The molecule has 132 valence electrons. The zero-order valence-electron chi connectivity index (χ0n) is 13.9. The van der Waals surface area contributed by atoms with Crippen LogP contribution in [0.2, 0.25) is 0 Å². The van der Waals surface area contributed by atoms with Crippen molar-refractivity contribution >= 4 is 5.91 Å². The third-order valence-corrected chi connectivity index (χ3v) is 4.28. The van der Waals surface area contributed by atoms with Gasteiger partial charge in [0.05, 0.1) is 0 Å². The first-order valence-electron chi connectivity index (χ1n) is 8.28. The summed E-state index contributed by atoms with van der Waals surface area (Å²) in [6, 6.07) is 6.77. The lowest BCUT2D eigenvalue weighted by molar-refractivity contribution is -0.133. The quantitative estimate of drug-likeness (QED) is 0.691. The van der Waals surface area contributed by atoms with Crippen molar-refractivity contribution in [3.05, 3.63) is 59.2 Å². The summed E-state index contributed by atoms with van der Waals surface area (Å²) in [6.07, 6.45) is 6.17. The van der Waals surface area contributed by atoms with Crippen LogP contribution in [0.4, 0.5) is 0 Å². The zero-order chi connectivity index (χ0) is 17.9. The van der Waals surface area contributed by atoms with Crippen LogP contribution < -0.4 is 5.69 Å². The van der Waals surface area contributed by atoms with Gasteiger partial charge in [0.15, 0.2) is 0 Å². The van der Waals surface area contributed by atoms with E-state index in [-0.39, 0.29) is 18.5 Å². The highest BCUT2D eigenvalue weighted by Crippen LogP contribution is 2.31. The number of carbonyl (C=O) groups excluding carboxylic acids is 1. The molecule has 3 aromatic heterocycles. The van der Waals surface area contributed by atoms with Gasteiger partial charge < -0.3 is 9.42 Å². The lowest BCUT2D eigenvalue weighted by Gasteiger charge is -2.22. The Morgan fingerprint density at radius 1 is 1.23 bits per heavy atom. The van der Waals surface area contributed by atoms with Gasteiger partial charge in [0.2, 0.25) is 17.6 Å². The highest BCUT2D eigenvalue weighted by Gasteiger charge is 2.34. The first kappa shape index (κ1) is 16.1. The molecule has 9 heteroatoms. The van der Waals surface area contributed by atoms with Crippen LogP contribution in [0.5, 0.6) is 0 Å². The van der Waals surface area contributed by atoms with E-state index in [2.05, 4.69) is 20.1 Å². The van der Waals surface area contributed by atoms with Crippen LogP contribution in [0.15, 0.2) is 52.2 Å². The summed E-state index contributed by atoms with van der Waals surface area (Å²) in [5.41, 5.74) is 0.159. The Balaban J connectivity index is 1.54. The minimum atomic E-state index is -0.452. The van der Waals surface area contributed by atoms with Crippen LogP contribution in [0.25, 0.3) is 11.5 Å². The van der Waals surface area contributed by atoms with Gasteiger partial charge in [-0.15, -0.1) is 0 Å². The van der Waals surface area contributed by atoms with Gasteiger partial charge in [-0.3, -0.25) is 14.3 Å². The number of amides is 1. The highest BCUT2D eigenvalue weighted by molar-refractivity contribution is 5.76. The normalized spacial score (nSPS) is 16.8. The van der Waals surface area contributed by atoms with E-state index in [0.717, 1.165) is 12.8 Å². The monoisotopic (exact) mass is 352 g/mol. The first-order chi connectivity index (χ1) is 12.7. The van der Waals surface area contributed by atoms with E-state index in [1.165, 1.54) is 10.8 Å². The molecule has 4 rings (SSSR count). The number of carbonyl (C=O) groups is 1. The molecule has 0 spiro atoms. The molecule has 1 unspecified atom stereocenters. The van der Waals surface area contributed by atoms with Crippen molar-refractivity contribution in [1.82, 2.24) is 29.6 Å². The maximum atomic E-state index is 12.7. The average Bonchev–Trinajstić information content (AvgIpc) is 3.33. The summed E-state index contributed by atoms with van der Waals surface area (Å²) in [5, 5.41) is 3.97. The Labute approximate surface area is 148 Å². The van der Waals surface area contributed by atoms with Crippen molar-refractivity contribution < 1.29 is 9.32 Å². The molecule has 0 N–H and O–H groups in total. The van der Waals surface area contributed by atoms with Gasteiger partial charge in [0.25, 0.3) is 0 Å². The minimum absolute atomic E-state index is 0.0651. The Morgan fingerprint density at radius 3 is 2.92 bits per heavy atom. The molecule has 1 aliphatic heterocycles. The summed E-state index contributed by atoms with van der Waals surface area (Å²) in [7, 11) is 0. The number of hydrogen-bond donors (Lipinski definition) is 0. The number of rotatable bonds is 4. The third kappa shape index (κ3) is 3.10. The third-order valence-electron chi connectivity index (χ3n) is 4.28. The topological polar surface area (TPSA) is 107 Å². The van der Waals surface area contributed by atoms with E-state index in [1.54, 1.807) is 29.4 Å². The molecule has 1 aliphatic rings. The SMILES string of the molecule is O=C(Cn1cccnc1=O)N1CCCC1c1nc(-c2ccccn2)no1. The summed E-state index contributed by atoms with van der Waals surface area (Å²) in [6.45, 7) is 0.518. The lowest BCUT2D eigenvalue weighted by Crippen LogP contribution is -2.36. The van der Waals surface area contributed by atoms with Gasteiger partial charge in [-0.2, -0.15) is 4.98 Å². The summed E-state index contributed by atoms with van der Waals surface area (Å²) < 4.78 is 6.66. The average molecular weight is 352 g/mol. The second kappa shape index (κ2) is 6.87. The fourth-order valence-corrected chi connectivity index (χ4v) is 3.04. The molecule has 9 nitrogen and oxygen atoms in total. The molecular weight excluding hydrogens is 336 g/mol. The summed E-state index contributed by atoms with van der Waals surface area (Å²) >= 11 is 0. The zero-order valence-corrected chi connectivity index (χ0v) is 13.9. The molecule has 26 heavy (non-hydrogen) atoms. The minimum Gasteiger partial charge on any atom is -0.337 e. The maximum Gasteiger partial charge on any atom is 0.347 e. The molecule has 0 aliphatic carbocycles. The van der Waals surface area contributed by atoms with Crippen LogP contribution in [-0.2, 0) is 11.3 Å². The smallest absolute Gasteiger partial charge is 0.337 e. The first-order valence-corrected chi connectivity index (χ1v) is 8.28. The summed E-state index contributed by atoms with van der Waals surface area (Å²) in [5.74, 6) is 0.596. The summed E-state index contributed by atoms with van der Waals surface area (Å²) in [4.78, 5) is 38.3. The van der Waals surface area contributed by atoms with E-state index in [9.17, 15) is 9.59 Å². The van der Waals surface area contributed by atoms with Crippen molar-refractivity contribution in [3.63, 3.8) is 0 Å². The van der Waals surface area contributed by atoms with Crippen molar-refractivity contribution in [2.45, 2.75) is 25.4 Å². The molecule has 1 saturated heterocycles. The van der Waals surface area contributed by atoms with E-state index >= 15 is 0 Å². The Hall–Kier alpha value is -3.36. The van der Waals surface area contributed by atoms with Gasteiger partial charge in [0.1, 0.15) is 18.3 Å². The second-order valence-corrected chi connectivity index (χ2v) is 5.95. The van der Waals surface area contributed by atoms with Crippen LogP contribution in [0.3, 0.4) is 0 Å². The van der Waals surface area contributed by atoms with Gasteiger partial charge in [0, 0.05) is 25.1 Å². The number of pyridine rings is 1. The number of aromatic nitrogens is 5. The molecular formula is C17H16N6O3. The molecule has 1 atom stereocenters. The molecule has 0 saturated carbocycles. The number of hydrogen-bond acceptors (Lipinski definition) is 7. The van der Waals surface area contributed by atoms with E-state index in [0.29, 0.717) is 24.0 Å². The highest BCUT2D eigenvalue weighted by atomic mass is 16.5. The molecule has 1 fully saturated rings. The molecule has 0 radical (unpaired) electrons. The Morgan fingerprint density at radius 2 is 2.12 bits per heavy atom. The molecule has 1 amide bonds. The van der Waals surface area contributed by atoms with E-state index in [4.69, 9.17) is 4.52 Å². The number of nitrogens with zero attached hydrogens (tertiary/aromatic N) is 6. The fourth-order valence-electron chi connectivity index (χ4n) is 3.04. The van der Waals surface area contributed by atoms with Crippen molar-refractivity contribution in [2.24, 2.45) is 0 Å². The van der Waals surface area contributed by atoms with Gasteiger partial charge in [-0.1, -0.05) is 11.2 Å². The van der Waals surface area contributed by atoms with E-state index < -0.39 is 5.69 Å². The van der Waals surface area contributed by atoms with Crippen LogP contribution >= 0.6 is 0 Å². The molecule has 0 aromatic carbocycles. The van der Waals surface area contributed by atoms with Crippen molar-refractivity contribution in [2.75, 3.05) is 6.54 Å². The molecule has 0 bridgehead atoms. The van der Waals surface area contributed by atoms with Crippen molar-refractivity contribution in [1.29, 1.82) is 0 Å². The van der Waals surface area contributed by atoms with Crippen LogP contribution in [0, 0.1) is 0 Å². The van der Waals surface area contributed by atoms with Gasteiger partial charge in [-0.05, 0) is 31.0 Å². The van der Waals surface area contributed by atoms with Crippen molar-refractivity contribution in [3.8, 4) is 11.5 Å². The lowest BCUT2D eigenvalue weighted by atomic mass is 10.2. The maximum absolute atomic E-state index is 12.7. The van der Waals surface area contributed by atoms with Gasteiger partial charge >= 0.3 is 5.69 Å². The standard InChI is InChI=1S/C17H16N6O3/c24-14(11-22-9-4-8-19-17(22)25)23-10-3-6-13(23)16-20-15(21-26-16)12-5-1-2-7-18-12/h1-2,4-5,7-9,13H,3,6,10-11H2. The van der Waals surface area contributed by atoms with Crippen LogP contribution in [-0.4, -0.2) is 42.0 Å². The largest absolute Gasteiger partial charge is 0.347 e. The molecule has 4 heterocycles. The fraction of sp³-hybridized carbons (Fsp3) is 0.294.